The zero-order chi connectivity index (χ0) is 16.9. The SMILES string of the molecule is CC(CC1CCCCCCC1)C(C1CCCCC1)C1CC(P)C1C. The second-order valence-corrected chi connectivity index (χ2v) is 10.7. The van der Waals surface area contributed by atoms with Gasteiger partial charge in [0.05, 0.1) is 0 Å². The predicted octanol–water partition coefficient (Wildman–Crippen LogP) is 7.47. The summed E-state index contributed by atoms with van der Waals surface area (Å²) in [4.78, 5) is 0. The van der Waals surface area contributed by atoms with Crippen LogP contribution in [0.4, 0.5) is 0 Å². The number of rotatable bonds is 5. The summed E-state index contributed by atoms with van der Waals surface area (Å²) in [6.07, 6.45) is 21.3. The van der Waals surface area contributed by atoms with E-state index < -0.39 is 0 Å². The van der Waals surface area contributed by atoms with Crippen molar-refractivity contribution in [2.24, 2.45) is 35.5 Å². The molecule has 0 heterocycles. The molecule has 0 aromatic carbocycles. The fourth-order valence-electron chi connectivity index (χ4n) is 6.59. The molecule has 1 heteroatoms. The smallest absolute Gasteiger partial charge is 0.0233 e. The van der Waals surface area contributed by atoms with Gasteiger partial charge in [0.15, 0.2) is 0 Å². The first-order chi connectivity index (χ1) is 11.7. The first-order valence-electron chi connectivity index (χ1n) is 11.4. The summed E-state index contributed by atoms with van der Waals surface area (Å²) >= 11 is 0. The third-order valence-electron chi connectivity index (χ3n) is 8.17. The third-order valence-corrected chi connectivity index (χ3v) is 9.05. The van der Waals surface area contributed by atoms with Gasteiger partial charge in [-0.3, -0.25) is 0 Å². The molecule has 24 heavy (non-hydrogen) atoms. The molecule has 0 aliphatic heterocycles. The molecule has 0 bridgehead atoms. The van der Waals surface area contributed by atoms with Crippen molar-refractivity contribution in [3.8, 4) is 0 Å². The predicted molar refractivity (Wildman–Crippen MR) is 110 cm³/mol. The van der Waals surface area contributed by atoms with Gasteiger partial charge < -0.3 is 0 Å². The van der Waals surface area contributed by atoms with Crippen LogP contribution >= 0.6 is 9.24 Å². The molecular weight excluding hydrogens is 307 g/mol. The van der Waals surface area contributed by atoms with Gasteiger partial charge in [0, 0.05) is 0 Å². The Hall–Kier alpha value is 0.430. The van der Waals surface area contributed by atoms with E-state index in [1.807, 2.05) is 0 Å². The Balaban J connectivity index is 1.62. The average Bonchev–Trinajstić information content (AvgIpc) is 2.57. The Kier molecular flexibility index (Phi) is 7.51. The van der Waals surface area contributed by atoms with Gasteiger partial charge in [0.1, 0.15) is 0 Å². The Morgan fingerprint density at radius 1 is 0.833 bits per heavy atom. The van der Waals surface area contributed by atoms with E-state index in [1.165, 1.54) is 70.6 Å². The van der Waals surface area contributed by atoms with Crippen molar-refractivity contribution in [2.75, 3.05) is 0 Å². The topological polar surface area (TPSA) is 0 Å². The van der Waals surface area contributed by atoms with Crippen molar-refractivity contribution in [1.29, 1.82) is 0 Å². The lowest BCUT2D eigenvalue weighted by atomic mass is 9.57. The van der Waals surface area contributed by atoms with E-state index in [9.17, 15) is 0 Å². The second kappa shape index (κ2) is 9.39. The Morgan fingerprint density at radius 3 is 1.96 bits per heavy atom. The lowest BCUT2D eigenvalue weighted by Gasteiger charge is -2.51. The first kappa shape index (κ1) is 19.2. The van der Waals surface area contributed by atoms with E-state index >= 15 is 0 Å². The van der Waals surface area contributed by atoms with Crippen LogP contribution in [0.2, 0.25) is 0 Å². The number of hydrogen-bond donors (Lipinski definition) is 0. The summed E-state index contributed by atoms with van der Waals surface area (Å²) in [5.74, 6) is 6.13. The maximum Gasteiger partial charge on any atom is -0.0233 e. The van der Waals surface area contributed by atoms with Crippen LogP contribution in [0.3, 0.4) is 0 Å². The monoisotopic (exact) mass is 350 g/mol. The molecule has 6 atom stereocenters. The molecule has 3 aliphatic carbocycles. The fourth-order valence-corrected chi connectivity index (χ4v) is 7.19. The highest BCUT2D eigenvalue weighted by molar-refractivity contribution is 7.17. The first-order valence-corrected chi connectivity index (χ1v) is 12.1. The summed E-state index contributed by atoms with van der Waals surface area (Å²) in [7, 11) is 3.13. The van der Waals surface area contributed by atoms with Gasteiger partial charge in [-0.2, -0.15) is 0 Å². The zero-order valence-electron chi connectivity index (χ0n) is 16.5. The van der Waals surface area contributed by atoms with Crippen LogP contribution in [0.1, 0.15) is 104 Å². The van der Waals surface area contributed by atoms with Crippen LogP contribution in [0.25, 0.3) is 0 Å². The molecule has 140 valence electrons. The van der Waals surface area contributed by atoms with Gasteiger partial charge in [-0.25, -0.2) is 0 Å². The van der Waals surface area contributed by atoms with Crippen LogP contribution in [0.15, 0.2) is 0 Å². The quantitative estimate of drug-likeness (QED) is 0.451. The van der Waals surface area contributed by atoms with Crippen LogP contribution in [0.5, 0.6) is 0 Å². The van der Waals surface area contributed by atoms with Crippen LogP contribution in [0, 0.1) is 35.5 Å². The molecule has 0 aromatic rings. The molecule has 0 nitrogen and oxygen atoms in total. The van der Waals surface area contributed by atoms with Crippen molar-refractivity contribution in [3.05, 3.63) is 0 Å². The molecule has 0 aromatic heterocycles. The summed E-state index contributed by atoms with van der Waals surface area (Å²) in [5, 5.41) is 0. The molecular formula is C23H43P. The highest BCUT2D eigenvalue weighted by Gasteiger charge is 2.44. The zero-order valence-corrected chi connectivity index (χ0v) is 17.7. The minimum atomic E-state index is 0.912. The van der Waals surface area contributed by atoms with Gasteiger partial charge in [0.2, 0.25) is 0 Å². The van der Waals surface area contributed by atoms with Crippen molar-refractivity contribution in [1.82, 2.24) is 0 Å². The molecule has 3 rings (SSSR count). The van der Waals surface area contributed by atoms with E-state index in [0.717, 1.165) is 41.2 Å². The van der Waals surface area contributed by atoms with Crippen molar-refractivity contribution >= 4 is 9.24 Å². The average molecular weight is 351 g/mol. The maximum atomic E-state index is 3.13. The molecule has 0 spiro atoms. The molecule has 0 radical (unpaired) electrons. The van der Waals surface area contributed by atoms with E-state index in [1.54, 1.807) is 19.3 Å². The van der Waals surface area contributed by atoms with Gasteiger partial charge in [0.25, 0.3) is 0 Å². The summed E-state index contributed by atoms with van der Waals surface area (Å²) in [6, 6.07) is 0. The number of hydrogen-bond acceptors (Lipinski definition) is 0. The largest absolute Gasteiger partial charge is 0.134 e. The van der Waals surface area contributed by atoms with Crippen LogP contribution in [-0.4, -0.2) is 5.66 Å². The lowest BCUT2D eigenvalue weighted by molar-refractivity contribution is 0.0228. The standard InChI is InChI=1S/C23H43P/c1-17(15-19-11-7-4-3-5-8-12-19)23(20-13-9-6-10-14-20)21-16-22(24)18(21)2/h17-23H,3-16,24H2,1-2H3. The van der Waals surface area contributed by atoms with E-state index in [4.69, 9.17) is 0 Å². The molecule has 3 aliphatic rings. The Bertz CT molecular complexity index is 346. The minimum Gasteiger partial charge on any atom is -0.134 e. The normalized spacial score (nSPS) is 36.4. The van der Waals surface area contributed by atoms with Crippen molar-refractivity contribution < 1.29 is 0 Å². The van der Waals surface area contributed by atoms with Crippen LogP contribution in [-0.2, 0) is 0 Å². The minimum absolute atomic E-state index is 0.912. The summed E-state index contributed by atoms with van der Waals surface area (Å²) in [5.41, 5.74) is 0.912. The van der Waals surface area contributed by atoms with Gasteiger partial charge in [-0.1, -0.05) is 90.9 Å². The fraction of sp³-hybridized carbons (Fsp3) is 1.00. The molecule has 0 N–H and O–H groups in total. The lowest BCUT2D eigenvalue weighted by Crippen LogP contribution is -2.45. The highest BCUT2D eigenvalue weighted by atomic mass is 31.0. The molecule has 3 fully saturated rings. The van der Waals surface area contributed by atoms with Crippen molar-refractivity contribution in [2.45, 2.75) is 109 Å². The molecule has 0 amide bonds. The van der Waals surface area contributed by atoms with Crippen LogP contribution < -0.4 is 0 Å². The van der Waals surface area contributed by atoms with E-state index in [0.29, 0.717) is 0 Å². The van der Waals surface area contributed by atoms with Gasteiger partial charge in [-0.15, -0.1) is 9.24 Å². The summed E-state index contributed by atoms with van der Waals surface area (Å²) in [6.45, 7) is 5.20. The van der Waals surface area contributed by atoms with Gasteiger partial charge >= 0.3 is 0 Å². The summed E-state index contributed by atoms with van der Waals surface area (Å²) < 4.78 is 0. The van der Waals surface area contributed by atoms with E-state index in [-0.39, 0.29) is 0 Å². The molecule has 3 saturated carbocycles. The third kappa shape index (κ3) is 4.78. The molecule has 0 saturated heterocycles. The second-order valence-electron chi connectivity index (χ2n) is 9.82. The van der Waals surface area contributed by atoms with E-state index in [2.05, 4.69) is 23.1 Å². The van der Waals surface area contributed by atoms with Gasteiger partial charge in [-0.05, 0) is 54.0 Å². The maximum absolute atomic E-state index is 3.13. The highest BCUT2D eigenvalue weighted by Crippen LogP contribution is 2.52. The molecule has 6 unspecified atom stereocenters. The Morgan fingerprint density at radius 2 is 1.38 bits per heavy atom. The Labute approximate surface area is 154 Å². The van der Waals surface area contributed by atoms with Crippen molar-refractivity contribution in [3.63, 3.8) is 0 Å².